The van der Waals surface area contributed by atoms with Crippen LogP contribution in [0.5, 0.6) is 5.75 Å². The molecule has 29 heavy (non-hydrogen) atoms. The van der Waals surface area contributed by atoms with E-state index >= 15 is 0 Å². The number of aromatic nitrogens is 4. The molecule has 0 fully saturated rings. The molecule has 2 aromatic carbocycles. The topological polar surface area (TPSA) is 72.8 Å². The fourth-order valence-electron chi connectivity index (χ4n) is 3.47. The fraction of sp³-hybridized carbons (Fsp3) is 0.227. The van der Waals surface area contributed by atoms with Crippen molar-refractivity contribution in [1.82, 2.24) is 19.7 Å². The van der Waals surface area contributed by atoms with Crippen molar-refractivity contribution in [3.63, 3.8) is 0 Å². The number of carbonyl (C=O) groups excluding carboxylic acids is 1. The van der Waals surface area contributed by atoms with Gasteiger partial charge in [-0.1, -0.05) is 30.0 Å². The standard InChI is InChI=1S/C22H22N4O2S/c1-4-26-21(15-9-11-16(28-3)12-10-15)24-25-22(26)29-13-19(27)20-14(2)23-18-8-6-5-7-17(18)20/h5-12,23H,4,13H2,1-3H3. The molecule has 0 radical (unpaired) electrons. The highest BCUT2D eigenvalue weighted by Crippen LogP contribution is 2.28. The molecule has 0 saturated carbocycles. The van der Waals surface area contributed by atoms with Gasteiger partial charge in [0.2, 0.25) is 0 Å². The number of nitrogens with one attached hydrogen (secondary N) is 1. The number of carbonyl (C=O) groups is 1. The molecule has 0 atom stereocenters. The zero-order valence-electron chi connectivity index (χ0n) is 16.6. The van der Waals surface area contributed by atoms with Crippen molar-refractivity contribution in [3.05, 3.63) is 59.8 Å². The van der Waals surface area contributed by atoms with Crippen molar-refractivity contribution in [3.8, 4) is 17.1 Å². The van der Waals surface area contributed by atoms with Crippen molar-refractivity contribution >= 4 is 28.4 Å². The van der Waals surface area contributed by atoms with Crippen molar-refractivity contribution in [1.29, 1.82) is 0 Å². The third-order valence-electron chi connectivity index (χ3n) is 4.89. The Hall–Kier alpha value is -3.06. The van der Waals surface area contributed by atoms with E-state index in [0.717, 1.165) is 51.0 Å². The van der Waals surface area contributed by atoms with E-state index in [1.165, 1.54) is 11.8 Å². The molecule has 148 valence electrons. The minimum Gasteiger partial charge on any atom is -0.497 e. The highest BCUT2D eigenvalue weighted by atomic mass is 32.2. The Balaban J connectivity index is 1.56. The maximum absolute atomic E-state index is 12.9. The Kier molecular flexibility index (Phi) is 5.40. The van der Waals surface area contributed by atoms with Crippen molar-refractivity contribution < 1.29 is 9.53 Å². The molecule has 0 bridgehead atoms. The Morgan fingerprint density at radius 3 is 2.62 bits per heavy atom. The Morgan fingerprint density at radius 2 is 1.90 bits per heavy atom. The number of methoxy groups -OCH3 is 1. The molecular weight excluding hydrogens is 384 g/mol. The monoisotopic (exact) mass is 406 g/mol. The van der Waals surface area contributed by atoms with Gasteiger partial charge < -0.3 is 14.3 Å². The van der Waals surface area contributed by atoms with E-state index in [4.69, 9.17) is 4.74 Å². The first-order valence-electron chi connectivity index (χ1n) is 9.43. The van der Waals surface area contributed by atoms with E-state index in [1.807, 2.05) is 66.9 Å². The summed E-state index contributed by atoms with van der Waals surface area (Å²) in [6.07, 6.45) is 0. The second kappa shape index (κ2) is 8.13. The first kappa shape index (κ1) is 19.3. The van der Waals surface area contributed by atoms with E-state index in [9.17, 15) is 4.79 Å². The quantitative estimate of drug-likeness (QED) is 0.355. The van der Waals surface area contributed by atoms with Crippen LogP contribution in [-0.2, 0) is 6.54 Å². The molecular formula is C22H22N4O2S. The van der Waals surface area contributed by atoms with Crippen LogP contribution in [0.4, 0.5) is 0 Å². The number of rotatable bonds is 7. The van der Waals surface area contributed by atoms with Crippen LogP contribution in [0.3, 0.4) is 0 Å². The molecule has 0 spiro atoms. The van der Waals surface area contributed by atoms with E-state index in [-0.39, 0.29) is 5.78 Å². The number of hydrogen-bond donors (Lipinski definition) is 1. The van der Waals surface area contributed by atoms with Crippen LogP contribution in [0.2, 0.25) is 0 Å². The number of aromatic amines is 1. The van der Waals surface area contributed by atoms with Crippen LogP contribution in [0.15, 0.2) is 53.7 Å². The Bertz CT molecular complexity index is 1160. The van der Waals surface area contributed by atoms with Crippen LogP contribution in [0.1, 0.15) is 23.0 Å². The summed E-state index contributed by atoms with van der Waals surface area (Å²) in [5.74, 6) is 1.98. The van der Waals surface area contributed by atoms with Crippen molar-refractivity contribution in [2.75, 3.05) is 12.9 Å². The average molecular weight is 407 g/mol. The van der Waals surface area contributed by atoms with Crippen molar-refractivity contribution in [2.24, 2.45) is 0 Å². The molecule has 1 N–H and O–H groups in total. The van der Waals surface area contributed by atoms with Gasteiger partial charge in [-0.2, -0.15) is 0 Å². The number of H-pyrrole nitrogens is 1. The lowest BCUT2D eigenvalue weighted by atomic mass is 10.1. The van der Waals surface area contributed by atoms with Gasteiger partial charge in [-0.05, 0) is 44.2 Å². The minimum atomic E-state index is 0.0848. The van der Waals surface area contributed by atoms with Gasteiger partial charge in [-0.15, -0.1) is 10.2 Å². The predicted octanol–water partition coefficient (Wildman–Crippen LogP) is 4.74. The summed E-state index contributed by atoms with van der Waals surface area (Å²) in [7, 11) is 1.64. The van der Waals surface area contributed by atoms with Crippen LogP contribution in [-0.4, -0.2) is 38.4 Å². The summed E-state index contributed by atoms with van der Waals surface area (Å²) in [6.45, 7) is 4.71. The lowest BCUT2D eigenvalue weighted by molar-refractivity contribution is 0.102. The van der Waals surface area contributed by atoms with Crippen LogP contribution in [0.25, 0.3) is 22.3 Å². The number of ether oxygens (including phenoxy) is 1. The van der Waals surface area contributed by atoms with Gasteiger partial charge in [0.25, 0.3) is 0 Å². The third kappa shape index (κ3) is 3.65. The van der Waals surface area contributed by atoms with Gasteiger partial charge in [0.1, 0.15) is 5.75 Å². The van der Waals surface area contributed by atoms with Gasteiger partial charge in [0, 0.05) is 34.3 Å². The maximum Gasteiger partial charge on any atom is 0.191 e. The largest absolute Gasteiger partial charge is 0.497 e. The molecule has 0 unspecified atom stereocenters. The third-order valence-corrected chi connectivity index (χ3v) is 5.85. The molecule has 0 amide bonds. The number of Topliss-reactive ketones (excluding diaryl/α,β-unsaturated/α-hetero) is 1. The molecule has 0 aliphatic heterocycles. The van der Waals surface area contributed by atoms with E-state index in [1.54, 1.807) is 7.11 Å². The first-order chi connectivity index (χ1) is 14.1. The number of hydrogen-bond acceptors (Lipinski definition) is 5. The van der Waals surface area contributed by atoms with Gasteiger partial charge >= 0.3 is 0 Å². The molecule has 6 nitrogen and oxygen atoms in total. The smallest absolute Gasteiger partial charge is 0.191 e. The normalized spacial score (nSPS) is 11.1. The molecule has 0 saturated heterocycles. The minimum absolute atomic E-state index is 0.0848. The van der Waals surface area contributed by atoms with Crippen LogP contribution >= 0.6 is 11.8 Å². The Morgan fingerprint density at radius 1 is 1.14 bits per heavy atom. The number of aryl methyl sites for hydroxylation is 1. The van der Waals surface area contributed by atoms with E-state index in [2.05, 4.69) is 15.2 Å². The molecule has 4 rings (SSSR count). The zero-order chi connectivity index (χ0) is 20.4. The number of nitrogens with zero attached hydrogens (tertiary/aromatic N) is 3. The van der Waals surface area contributed by atoms with Crippen LogP contribution in [0, 0.1) is 6.92 Å². The molecule has 0 aliphatic carbocycles. The maximum atomic E-state index is 12.9. The molecule has 7 heteroatoms. The Labute approximate surface area is 173 Å². The van der Waals surface area contributed by atoms with Gasteiger partial charge in [0.05, 0.1) is 12.9 Å². The number of para-hydroxylation sites is 1. The number of fused-ring (bicyclic) bond motifs is 1. The number of ketones is 1. The molecule has 2 aromatic heterocycles. The summed E-state index contributed by atoms with van der Waals surface area (Å²) >= 11 is 1.42. The summed E-state index contributed by atoms with van der Waals surface area (Å²) in [4.78, 5) is 16.2. The van der Waals surface area contributed by atoms with Gasteiger partial charge in [-0.25, -0.2) is 0 Å². The number of thioether (sulfide) groups is 1. The first-order valence-corrected chi connectivity index (χ1v) is 10.4. The second-order valence-corrected chi connectivity index (χ2v) is 7.60. The highest BCUT2D eigenvalue weighted by molar-refractivity contribution is 7.99. The number of benzene rings is 2. The van der Waals surface area contributed by atoms with E-state index < -0.39 is 0 Å². The lowest BCUT2D eigenvalue weighted by Gasteiger charge is -2.08. The van der Waals surface area contributed by atoms with Gasteiger partial charge in [0.15, 0.2) is 16.8 Å². The van der Waals surface area contributed by atoms with Crippen molar-refractivity contribution in [2.45, 2.75) is 25.5 Å². The lowest BCUT2D eigenvalue weighted by Crippen LogP contribution is -2.06. The fourth-order valence-corrected chi connectivity index (χ4v) is 4.35. The second-order valence-electron chi connectivity index (χ2n) is 6.66. The SMILES string of the molecule is CCn1c(SCC(=O)c2c(C)[nH]c3ccccc23)nnc1-c1ccc(OC)cc1. The zero-order valence-corrected chi connectivity index (χ0v) is 17.4. The van der Waals surface area contributed by atoms with Gasteiger partial charge in [-0.3, -0.25) is 4.79 Å². The summed E-state index contributed by atoms with van der Waals surface area (Å²) in [5.41, 5.74) is 3.60. The summed E-state index contributed by atoms with van der Waals surface area (Å²) < 4.78 is 7.25. The van der Waals surface area contributed by atoms with E-state index in [0.29, 0.717) is 5.75 Å². The average Bonchev–Trinajstić information content (AvgIpc) is 3.31. The summed E-state index contributed by atoms with van der Waals surface area (Å²) in [6, 6.07) is 15.6. The predicted molar refractivity (Wildman–Crippen MR) is 116 cm³/mol. The molecule has 0 aliphatic rings. The molecule has 2 heterocycles. The molecule has 4 aromatic rings. The van der Waals surface area contributed by atoms with Crippen LogP contribution < -0.4 is 4.74 Å². The summed E-state index contributed by atoms with van der Waals surface area (Å²) in [5, 5.41) is 10.4. The highest BCUT2D eigenvalue weighted by Gasteiger charge is 2.19.